The Balaban J connectivity index is 1.38. The van der Waals surface area contributed by atoms with Crippen LogP contribution in [-0.4, -0.2) is 51.9 Å². The molecule has 1 unspecified atom stereocenters. The first-order valence-electron chi connectivity index (χ1n) is 11.8. The summed E-state index contributed by atoms with van der Waals surface area (Å²) in [7, 11) is -2.11. The summed E-state index contributed by atoms with van der Waals surface area (Å²) in [5, 5.41) is 2.99. The van der Waals surface area contributed by atoms with Crippen LogP contribution in [0.2, 0.25) is 0 Å². The fourth-order valence-corrected chi connectivity index (χ4v) is 6.12. The van der Waals surface area contributed by atoms with Gasteiger partial charge in [-0.05, 0) is 74.2 Å². The molecule has 0 saturated carbocycles. The molecule has 1 N–H and O–H groups in total. The van der Waals surface area contributed by atoms with Crippen LogP contribution < -0.4 is 15.0 Å². The maximum absolute atomic E-state index is 13.1. The summed E-state index contributed by atoms with van der Waals surface area (Å²) >= 11 is 0. The predicted octanol–water partition coefficient (Wildman–Crippen LogP) is 4.12. The molecule has 8 heteroatoms. The Morgan fingerprint density at radius 2 is 1.58 bits per heavy atom. The molecule has 2 aromatic rings. The lowest BCUT2D eigenvalue weighted by atomic mass is 9.98. The summed E-state index contributed by atoms with van der Waals surface area (Å²) < 4.78 is 32.7. The van der Waals surface area contributed by atoms with Gasteiger partial charge in [-0.25, -0.2) is 8.42 Å². The highest BCUT2D eigenvalue weighted by molar-refractivity contribution is 7.89. The molecule has 2 heterocycles. The van der Waals surface area contributed by atoms with E-state index in [0.29, 0.717) is 25.1 Å². The quantitative estimate of drug-likeness (QED) is 0.686. The van der Waals surface area contributed by atoms with Crippen LogP contribution in [0.15, 0.2) is 53.4 Å². The Bertz CT molecular complexity index is 1030. The van der Waals surface area contributed by atoms with Crippen molar-refractivity contribution in [3.8, 4) is 5.75 Å². The van der Waals surface area contributed by atoms with Gasteiger partial charge in [0.15, 0.2) is 0 Å². The first kappa shape index (κ1) is 23.6. The number of nitrogens with zero attached hydrogens (tertiary/aromatic N) is 2. The second-order valence-corrected chi connectivity index (χ2v) is 10.8. The summed E-state index contributed by atoms with van der Waals surface area (Å²) in [6, 6.07) is 14.4. The van der Waals surface area contributed by atoms with E-state index in [0.717, 1.165) is 18.8 Å². The molecule has 33 heavy (non-hydrogen) atoms. The molecule has 2 aliphatic rings. The smallest absolute Gasteiger partial charge is 0.243 e. The Labute approximate surface area is 196 Å². The van der Waals surface area contributed by atoms with Crippen LogP contribution in [0.4, 0.5) is 11.4 Å². The highest BCUT2D eigenvalue weighted by Crippen LogP contribution is 2.27. The zero-order chi connectivity index (χ0) is 23.3. The molecular weight excluding hydrogens is 438 g/mol. The van der Waals surface area contributed by atoms with Gasteiger partial charge in [0.25, 0.3) is 0 Å². The van der Waals surface area contributed by atoms with Gasteiger partial charge in [-0.15, -0.1) is 0 Å². The van der Waals surface area contributed by atoms with Crippen molar-refractivity contribution in [3.05, 3.63) is 48.5 Å². The molecular formula is C25H33N3O4S. The molecule has 2 fully saturated rings. The second kappa shape index (κ2) is 10.6. The average molecular weight is 472 g/mol. The number of hydrogen-bond acceptors (Lipinski definition) is 5. The number of methoxy groups -OCH3 is 1. The summed E-state index contributed by atoms with van der Waals surface area (Å²) in [5.74, 6) is 0.0934. The molecule has 178 valence electrons. The topological polar surface area (TPSA) is 79.0 Å². The molecule has 2 aliphatic heterocycles. The normalized spacial score (nSPS) is 20.2. The lowest BCUT2D eigenvalue weighted by Crippen LogP contribution is -2.43. The number of nitrogens with one attached hydrogen (secondary N) is 1. The Morgan fingerprint density at radius 1 is 0.909 bits per heavy atom. The molecule has 2 saturated heterocycles. The van der Waals surface area contributed by atoms with Crippen molar-refractivity contribution in [1.82, 2.24) is 4.31 Å². The number of sulfonamides is 1. The van der Waals surface area contributed by atoms with Crippen LogP contribution in [0.1, 0.15) is 38.5 Å². The molecule has 2 aromatic carbocycles. The zero-order valence-electron chi connectivity index (χ0n) is 19.2. The Kier molecular flexibility index (Phi) is 7.55. The van der Waals surface area contributed by atoms with Crippen LogP contribution in [0.3, 0.4) is 0 Å². The summed E-state index contributed by atoms with van der Waals surface area (Å²) in [6.07, 6.45) is 6.34. The molecule has 0 aliphatic carbocycles. The van der Waals surface area contributed by atoms with E-state index in [-0.39, 0.29) is 23.3 Å². The van der Waals surface area contributed by atoms with Gasteiger partial charge in [0.2, 0.25) is 15.9 Å². The fraction of sp³-hybridized carbons (Fsp3) is 0.480. The van der Waals surface area contributed by atoms with Gasteiger partial charge >= 0.3 is 0 Å². The van der Waals surface area contributed by atoms with E-state index in [4.69, 9.17) is 4.74 Å². The number of benzene rings is 2. The Hall–Kier alpha value is -2.58. The highest BCUT2D eigenvalue weighted by Gasteiger charge is 2.33. The number of piperidine rings is 1. The molecule has 1 amide bonds. The van der Waals surface area contributed by atoms with Crippen molar-refractivity contribution in [2.45, 2.75) is 43.4 Å². The number of hydrogen-bond donors (Lipinski definition) is 1. The third-order valence-corrected chi connectivity index (χ3v) is 8.44. The summed E-state index contributed by atoms with van der Waals surface area (Å²) in [5.41, 5.74) is 1.93. The number of anilines is 2. The van der Waals surface area contributed by atoms with Crippen LogP contribution in [0.5, 0.6) is 5.75 Å². The first-order chi connectivity index (χ1) is 16.0. The van der Waals surface area contributed by atoms with E-state index in [1.54, 1.807) is 31.4 Å². The third-order valence-electron chi connectivity index (χ3n) is 6.56. The van der Waals surface area contributed by atoms with E-state index in [1.807, 2.05) is 12.1 Å². The minimum absolute atomic E-state index is 0.132. The van der Waals surface area contributed by atoms with Gasteiger partial charge in [0.05, 0.1) is 17.9 Å². The maximum Gasteiger partial charge on any atom is 0.243 e. The monoisotopic (exact) mass is 471 g/mol. The number of carbonyl (C=O) groups excluding carboxylic acids is 1. The summed E-state index contributed by atoms with van der Waals surface area (Å²) in [4.78, 5) is 15.6. The lowest BCUT2D eigenvalue weighted by Gasteiger charge is -2.31. The largest absolute Gasteiger partial charge is 0.497 e. The molecule has 1 atom stereocenters. The molecule has 0 bridgehead atoms. The molecule has 0 radical (unpaired) electrons. The van der Waals surface area contributed by atoms with Crippen molar-refractivity contribution in [1.29, 1.82) is 0 Å². The summed E-state index contributed by atoms with van der Waals surface area (Å²) in [6.45, 7) is 2.76. The van der Waals surface area contributed by atoms with Gasteiger partial charge in [-0.3, -0.25) is 4.79 Å². The molecule has 0 aromatic heterocycles. The van der Waals surface area contributed by atoms with Crippen LogP contribution >= 0.6 is 0 Å². The van der Waals surface area contributed by atoms with Crippen LogP contribution in [-0.2, 0) is 14.8 Å². The van der Waals surface area contributed by atoms with Crippen molar-refractivity contribution < 1.29 is 17.9 Å². The van der Waals surface area contributed by atoms with Gasteiger partial charge in [-0.1, -0.05) is 12.8 Å². The molecule has 0 spiro atoms. The second-order valence-electron chi connectivity index (χ2n) is 8.82. The maximum atomic E-state index is 13.1. The minimum atomic E-state index is -3.66. The number of carbonyl (C=O) groups is 1. The fourth-order valence-electron chi connectivity index (χ4n) is 4.60. The van der Waals surface area contributed by atoms with Gasteiger partial charge in [-0.2, -0.15) is 4.31 Å². The van der Waals surface area contributed by atoms with Gasteiger partial charge in [0, 0.05) is 37.6 Å². The average Bonchev–Trinajstić information content (AvgIpc) is 3.14. The minimum Gasteiger partial charge on any atom is -0.497 e. The van der Waals surface area contributed by atoms with E-state index in [1.165, 1.54) is 35.7 Å². The SMILES string of the molecule is COc1ccc(S(=O)(=O)N2CCCC(C(=O)Nc3ccc(N4CCCCCC4)cc3)C2)cc1. The zero-order valence-corrected chi connectivity index (χ0v) is 20.0. The highest BCUT2D eigenvalue weighted by atomic mass is 32.2. The number of rotatable bonds is 6. The van der Waals surface area contributed by atoms with Crippen molar-refractivity contribution >= 4 is 27.3 Å². The van der Waals surface area contributed by atoms with Crippen LogP contribution in [0, 0.1) is 5.92 Å². The third kappa shape index (κ3) is 5.68. The number of amides is 1. The van der Waals surface area contributed by atoms with Gasteiger partial charge < -0.3 is 15.0 Å². The first-order valence-corrected chi connectivity index (χ1v) is 13.2. The van der Waals surface area contributed by atoms with Crippen molar-refractivity contribution in [2.75, 3.05) is 43.5 Å². The predicted molar refractivity (Wildman–Crippen MR) is 130 cm³/mol. The Morgan fingerprint density at radius 3 is 2.21 bits per heavy atom. The molecule has 4 rings (SSSR count). The van der Waals surface area contributed by atoms with E-state index in [2.05, 4.69) is 22.3 Å². The standard InChI is InChI=1S/C25H33N3O4S/c1-32-23-12-14-24(15-13-23)33(30,31)28-18-6-7-20(19-28)25(29)26-21-8-10-22(11-9-21)27-16-4-2-3-5-17-27/h8-15,20H,2-7,16-19H2,1H3,(H,26,29). The van der Waals surface area contributed by atoms with Crippen molar-refractivity contribution in [2.24, 2.45) is 5.92 Å². The van der Waals surface area contributed by atoms with Crippen LogP contribution in [0.25, 0.3) is 0 Å². The lowest BCUT2D eigenvalue weighted by molar-refractivity contribution is -0.120. The van der Waals surface area contributed by atoms with E-state index in [9.17, 15) is 13.2 Å². The van der Waals surface area contributed by atoms with Gasteiger partial charge in [0.1, 0.15) is 5.75 Å². The molecule has 7 nitrogen and oxygen atoms in total. The van der Waals surface area contributed by atoms with E-state index < -0.39 is 10.0 Å². The van der Waals surface area contributed by atoms with E-state index >= 15 is 0 Å². The number of ether oxygens (including phenoxy) is 1. The van der Waals surface area contributed by atoms with Crippen molar-refractivity contribution in [3.63, 3.8) is 0 Å².